The summed E-state index contributed by atoms with van der Waals surface area (Å²) in [6, 6.07) is 11.1. The number of carbonyl (C=O) groups excluding carboxylic acids is 1. The molecule has 4 nitrogen and oxygen atoms in total. The molecule has 3 rings (SSSR count). The first-order valence-electron chi connectivity index (χ1n) is 9.52. The van der Waals surface area contributed by atoms with Crippen LogP contribution in [0.1, 0.15) is 59.6 Å². The number of thiophene rings is 1. The number of furan rings is 1. The Morgan fingerprint density at radius 2 is 1.93 bits per heavy atom. The van der Waals surface area contributed by atoms with E-state index in [1.165, 1.54) is 16.9 Å². The van der Waals surface area contributed by atoms with Crippen LogP contribution >= 0.6 is 23.6 Å². The Morgan fingerprint density at radius 3 is 2.50 bits per heavy atom. The molecule has 0 radical (unpaired) electrons. The Balaban J connectivity index is 1.85. The molecule has 0 aromatic carbocycles. The zero-order valence-corrected chi connectivity index (χ0v) is 17.8. The van der Waals surface area contributed by atoms with Crippen molar-refractivity contribution in [3.8, 4) is 0 Å². The molecule has 3 aromatic rings. The minimum absolute atomic E-state index is 0.00720. The average molecular weight is 414 g/mol. The summed E-state index contributed by atoms with van der Waals surface area (Å²) < 4.78 is 7.25. The maximum absolute atomic E-state index is 13.2. The molecular formula is C22H25N2O2S2+. The molecule has 0 saturated heterocycles. The predicted octanol–water partition coefficient (Wildman–Crippen LogP) is 5.07. The molecule has 0 aliphatic carbocycles. The van der Waals surface area contributed by atoms with Crippen LogP contribution in [-0.2, 0) is 6.54 Å². The normalized spacial score (nSPS) is 12.1. The third-order valence-electron chi connectivity index (χ3n) is 4.91. The number of pyridine rings is 1. The van der Waals surface area contributed by atoms with Crippen molar-refractivity contribution >= 4 is 34.3 Å². The standard InChI is InChI=1S/C22H24N2O2S2/c1-3-16(4-2)17-9-11-24(12-10-17)20(21(25)19-8-6-14-28-19)22(27)23-15-18-7-5-13-26-18/h5-14,16,20H,3-4,15H2,1-2H3/p+1/t20-/m1/s1. The molecule has 0 amide bonds. The largest absolute Gasteiger partial charge is 0.467 e. The Bertz CT molecular complexity index is 883. The number of Topliss-reactive ketones (excluding diaryl/α,β-unsaturated/α-hetero) is 1. The fraction of sp³-hybridized carbons (Fsp3) is 0.318. The van der Waals surface area contributed by atoms with Gasteiger partial charge in [0.1, 0.15) is 5.76 Å². The maximum atomic E-state index is 13.2. The number of ketones is 1. The highest BCUT2D eigenvalue weighted by atomic mass is 32.1. The molecule has 3 aromatic heterocycles. The van der Waals surface area contributed by atoms with E-state index in [9.17, 15) is 4.79 Å². The Kier molecular flexibility index (Phi) is 7.12. The second-order valence-electron chi connectivity index (χ2n) is 6.63. The molecule has 1 N–H and O–H groups in total. The predicted molar refractivity (Wildman–Crippen MR) is 116 cm³/mol. The van der Waals surface area contributed by atoms with Gasteiger partial charge >= 0.3 is 0 Å². The minimum atomic E-state index is -0.584. The molecule has 0 bridgehead atoms. The van der Waals surface area contributed by atoms with E-state index in [2.05, 4.69) is 31.3 Å². The van der Waals surface area contributed by atoms with Gasteiger partial charge in [-0.25, -0.2) is 0 Å². The summed E-state index contributed by atoms with van der Waals surface area (Å²) in [5.41, 5.74) is 1.29. The molecule has 0 aliphatic heterocycles. The Labute approximate surface area is 175 Å². The van der Waals surface area contributed by atoms with Crippen LogP contribution in [0.4, 0.5) is 0 Å². The van der Waals surface area contributed by atoms with Crippen LogP contribution in [0.25, 0.3) is 0 Å². The molecular weight excluding hydrogens is 388 g/mol. The van der Waals surface area contributed by atoms with Crippen LogP contribution in [-0.4, -0.2) is 10.8 Å². The van der Waals surface area contributed by atoms with Crippen molar-refractivity contribution in [3.63, 3.8) is 0 Å². The van der Waals surface area contributed by atoms with Gasteiger partial charge in [0.2, 0.25) is 5.78 Å². The molecule has 28 heavy (non-hydrogen) atoms. The lowest BCUT2D eigenvalue weighted by Gasteiger charge is -2.15. The number of hydrogen-bond donors (Lipinski definition) is 1. The first-order chi connectivity index (χ1) is 13.6. The van der Waals surface area contributed by atoms with Gasteiger partial charge in [-0.05, 0) is 47.9 Å². The fourth-order valence-corrected chi connectivity index (χ4v) is 4.27. The summed E-state index contributed by atoms with van der Waals surface area (Å²) in [5, 5.41) is 5.09. The van der Waals surface area contributed by atoms with Gasteiger partial charge in [0.25, 0.3) is 6.04 Å². The van der Waals surface area contributed by atoms with Gasteiger partial charge in [-0.15, -0.1) is 11.3 Å². The molecule has 1 atom stereocenters. The Hall–Kier alpha value is -2.31. The van der Waals surface area contributed by atoms with E-state index in [1.54, 1.807) is 6.26 Å². The van der Waals surface area contributed by atoms with E-state index >= 15 is 0 Å². The Morgan fingerprint density at radius 1 is 1.18 bits per heavy atom. The van der Waals surface area contributed by atoms with Gasteiger partial charge in [-0.1, -0.05) is 32.1 Å². The highest BCUT2D eigenvalue weighted by Crippen LogP contribution is 2.22. The second kappa shape index (κ2) is 9.75. The lowest BCUT2D eigenvalue weighted by molar-refractivity contribution is -0.692. The topological polar surface area (TPSA) is 46.1 Å². The van der Waals surface area contributed by atoms with Crippen molar-refractivity contribution in [1.82, 2.24) is 5.32 Å². The van der Waals surface area contributed by atoms with Crippen molar-refractivity contribution < 1.29 is 13.8 Å². The number of aromatic nitrogens is 1. The van der Waals surface area contributed by atoms with Gasteiger partial charge in [0.05, 0.1) is 17.7 Å². The summed E-state index contributed by atoms with van der Waals surface area (Å²) in [6.45, 7) is 4.85. The van der Waals surface area contributed by atoms with E-state index in [1.807, 2.05) is 46.6 Å². The second-order valence-corrected chi connectivity index (χ2v) is 8.02. The van der Waals surface area contributed by atoms with E-state index in [0.717, 1.165) is 18.6 Å². The molecule has 0 aliphatic rings. The minimum Gasteiger partial charge on any atom is -0.467 e. The van der Waals surface area contributed by atoms with Crippen LogP contribution in [0, 0.1) is 0 Å². The van der Waals surface area contributed by atoms with E-state index in [4.69, 9.17) is 16.6 Å². The summed E-state index contributed by atoms with van der Waals surface area (Å²) in [5.74, 6) is 1.30. The summed E-state index contributed by atoms with van der Waals surface area (Å²) >= 11 is 7.05. The fourth-order valence-electron chi connectivity index (χ4n) is 3.28. The van der Waals surface area contributed by atoms with E-state index in [-0.39, 0.29) is 5.78 Å². The number of nitrogens with zero attached hydrogens (tertiary/aromatic N) is 1. The lowest BCUT2D eigenvalue weighted by Crippen LogP contribution is -2.51. The van der Waals surface area contributed by atoms with Crippen molar-refractivity contribution in [2.45, 2.75) is 45.2 Å². The van der Waals surface area contributed by atoms with Crippen LogP contribution in [0.15, 0.2) is 64.9 Å². The lowest BCUT2D eigenvalue weighted by atomic mass is 9.95. The monoisotopic (exact) mass is 413 g/mol. The molecule has 0 unspecified atom stereocenters. The molecule has 0 saturated carbocycles. The third-order valence-corrected chi connectivity index (χ3v) is 6.16. The number of carbonyl (C=O) groups is 1. The number of hydrogen-bond acceptors (Lipinski definition) is 4. The molecule has 0 spiro atoms. The summed E-state index contributed by atoms with van der Waals surface area (Å²) in [7, 11) is 0. The molecule has 6 heteroatoms. The van der Waals surface area contributed by atoms with Gasteiger partial charge in [0, 0.05) is 12.1 Å². The molecule has 0 fully saturated rings. The van der Waals surface area contributed by atoms with Gasteiger partial charge in [0.15, 0.2) is 17.4 Å². The zero-order valence-electron chi connectivity index (χ0n) is 16.1. The van der Waals surface area contributed by atoms with Crippen molar-refractivity contribution in [1.29, 1.82) is 0 Å². The quantitative estimate of drug-likeness (QED) is 0.302. The van der Waals surface area contributed by atoms with Crippen molar-refractivity contribution in [2.75, 3.05) is 0 Å². The number of nitrogens with one attached hydrogen (secondary N) is 1. The average Bonchev–Trinajstić information content (AvgIpc) is 3.43. The number of rotatable bonds is 9. The highest BCUT2D eigenvalue weighted by molar-refractivity contribution is 7.80. The third kappa shape index (κ3) is 4.75. The van der Waals surface area contributed by atoms with Gasteiger partial charge < -0.3 is 9.73 Å². The van der Waals surface area contributed by atoms with Crippen LogP contribution in [0.2, 0.25) is 0 Å². The first kappa shape index (κ1) is 20.4. The van der Waals surface area contributed by atoms with Crippen LogP contribution in [0.5, 0.6) is 0 Å². The van der Waals surface area contributed by atoms with Crippen LogP contribution < -0.4 is 9.88 Å². The van der Waals surface area contributed by atoms with E-state index in [0.29, 0.717) is 22.3 Å². The number of thiocarbonyl (C=S) groups is 1. The van der Waals surface area contributed by atoms with Crippen LogP contribution in [0.3, 0.4) is 0 Å². The van der Waals surface area contributed by atoms with Gasteiger partial charge in [-0.2, -0.15) is 4.57 Å². The summed E-state index contributed by atoms with van der Waals surface area (Å²) in [4.78, 5) is 14.4. The SMILES string of the molecule is CCC(CC)c1cc[n+]([C@H](C(=O)c2cccs2)C(=S)NCc2ccco2)cc1. The van der Waals surface area contributed by atoms with Crippen molar-refractivity contribution in [2.24, 2.45) is 0 Å². The summed E-state index contributed by atoms with van der Waals surface area (Å²) in [6.07, 6.45) is 7.75. The maximum Gasteiger partial charge on any atom is 0.271 e. The highest BCUT2D eigenvalue weighted by Gasteiger charge is 2.34. The zero-order chi connectivity index (χ0) is 19.9. The first-order valence-corrected chi connectivity index (χ1v) is 10.8. The molecule has 146 valence electrons. The van der Waals surface area contributed by atoms with E-state index < -0.39 is 6.04 Å². The van der Waals surface area contributed by atoms with Crippen molar-refractivity contribution in [3.05, 3.63) is 76.6 Å². The smallest absolute Gasteiger partial charge is 0.271 e. The van der Waals surface area contributed by atoms with Gasteiger partial charge in [-0.3, -0.25) is 4.79 Å². The molecule has 3 heterocycles.